The Kier molecular flexibility index (Phi) is 10.6. The quantitative estimate of drug-likeness (QED) is 0.361. The summed E-state index contributed by atoms with van der Waals surface area (Å²) in [5, 5.41) is 9.37. The molecule has 1 N–H and O–H groups in total. The molecule has 0 amide bonds. The SMILES string of the molecule is COCCC(CCO)CC1CCC(C2CCC(c3ccc(CCC(F)(F)F)cc3)CC2)CC1. The van der Waals surface area contributed by atoms with E-state index in [0.717, 1.165) is 42.8 Å². The average molecular weight is 469 g/mol. The highest BCUT2D eigenvalue weighted by molar-refractivity contribution is 5.26. The molecule has 2 saturated carbocycles. The molecule has 1 unspecified atom stereocenters. The summed E-state index contributed by atoms with van der Waals surface area (Å²) in [6.45, 7) is 1.07. The van der Waals surface area contributed by atoms with Gasteiger partial charge in [-0.2, -0.15) is 13.2 Å². The van der Waals surface area contributed by atoms with Gasteiger partial charge in [-0.05, 0) is 105 Å². The van der Waals surface area contributed by atoms with E-state index in [1.165, 1.54) is 63.4 Å². The van der Waals surface area contributed by atoms with Crippen LogP contribution < -0.4 is 0 Å². The van der Waals surface area contributed by atoms with E-state index < -0.39 is 12.6 Å². The van der Waals surface area contributed by atoms with E-state index in [1.807, 2.05) is 12.1 Å². The van der Waals surface area contributed by atoms with Crippen molar-refractivity contribution >= 4 is 0 Å². The molecule has 0 radical (unpaired) electrons. The highest BCUT2D eigenvalue weighted by Crippen LogP contribution is 2.45. The van der Waals surface area contributed by atoms with Crippen LogP contribution in [-0.4, -0.2) is 31.6 Å². The van der Waals surface area contributed by atoms with Crippen molar-refractivity contribution in [3.05, 3.63) is 35.4 Å². The van der Waals surface area contributed by atoms with Crippen LogP contribution >= 0.6 is 0 Å². The van der Waals surface area contributed by atoms with E-state index in [-0.39, 0.29) is 13.0 Å². The Morgan fingerprint density at radius 1 is 0.909 bits per heavy atom. The summed E-state index contributed by atoms with van der Waals surface area (Å²) in [5.74, 6) is 3.67. The largest absolute Gasteiger partial charge is 0.396 e. The van der Waals surface area contributed by atoms with Gasteiger partial charge in [0.2, 0.25) is 0 Å². The highest BCUT2D eigenvalue weighted by atomic mass is 19.4. The Bertz CT molecular complexity index is 657. The number of halogens is 3. The first-order chi connectivity index (χ1) is 15.9. The lowest BCUT2D eigenvalue weighted by molar-refractivity contribution is -0.133. The van der Waals surface area contributed by atoms with Gasteiger partial charge >= 0.3 is 6.18 Å². The number of hydrogen-bond donors (Lipinski definition) is 1. The summed E-state index contributed by atoms with van der Waals surface area (Å²) in [6.07, 6.45) is 8.81. The summed E-state index contributed by atoms with van der Waals surface area (Å²) in [5.41, 5.74) is 2.09. The fraction of sp³-hybridized carbons (Fsp3) is 0.786. The minimum atomic E-state index is -4.08. The van der Waals surface area contributed by atoms with E-state index >= 15 is 0 Å². The molecular formula is C28H43F3O2. The van der Waals surface area contributed by atoms with E-state index in [1.54, 1.807) is 7.11 Å². The van der Waals surface area contributed by atoms with E-state index in [4.69, 9.17) is 4.74 Å². The van der Waals surface area contributed by atoms with Gasteiger partial charge in [0.1, 0.15) is 0 Å². The predicted molar refractivity (Wildman–Crippen MR) is 127 cm³/mol. The Morgan fingerprint density at radius 2 is 1.52 bits per heavy atom. The molecule has 1 aromatic carbocycles. The molecule has 0 aliphatic heterocycles. The lowest BCUT2D eigenvalue weighted by Crippen LogP contribution is -2.26. The van der Waals surface area contributed by atoms with Gasteiger partial charge in [-0.3, -0.25) is 0 Å². The Balaban J connectivity index is 1.39. The minimum Gasteiger partial charge on any atom is -0.396 e. The minimum absolute atomic E-state index is 0.0757. The van der Waals surface area contributed by atoms with Crippen LogP contribution in [0.5, 0.6) is 0 Å². The number of benzene rings is 1. The fourth-order valence-electron chi connectivity index (χ4n) is 6.38. The predicted octanol–water partition coefficient (Wildman–Crippen LogP) is 7.69. The van der Waals surface area contributed by atoms with Crippen molar-refractivity contribution in [2.24, 2.45) is 23.7 Å². The van der Waals surface area contributed by atoms with Crippen molar-refractivity contribution in [3.63, 3.8) is 0 Å². The van der Waals surface area contributed by atoms with E-state index in [2.05, 4.69) is 12.1 Å². The van der Waals surface area contributed by atoms with Crippen LogP contribution in [0, 0.1) is 23.7 Å². The van der Waals surface area contributed by atoms with Crippen molar-refractivity contribution < 1.29 is 23.0 Å². The summed E-state index contributed by atoms with van der Waals surface area (Å²) >= 11 is 0. The summed E-state index contributed by atoms with van der Waals surface area (Å²) in [7, 11) is 1.75. The monoisotopic (exact) mass is 468 g/mol. The normalized spacial score (nSPS) is 27.4. The van der Waals surface area contributed by atoms with Crippen LogP contribution in [0.4, 0.5) is 13.2 Å². The third-order valence-corrected chi connectivity index (χ3v) is 8.41. The standard InChI is InChI=1S/C28H43F3O2/c1-33-19-16-23(15-18-32)20-22-4-8-25(9-5-22)27-12-10-26(11-13-27)24-6-2-21(3-7-24)14-17-28(29,30)31/h2-3,6-7,22-23,25-27,32H,4-5,8-20H2,1H3. The third-order valence-electron chi connectivity index (χ3n) is 8.41. The average Bonchev–Trinajstić information content (AvgIpc) is 2.82. The number of alkyl halides is 3. The van der Waals surface area contributed by atoms with Crippen LogP contribution in [0.3, 0.4) is 0 Å². The number of aryl methyl sites for hydroxylation is 1. The second kappa shape index (κ2) is 13.1. The van der Waals surface area contributed by atoms with Crippen molar-refractivity contribution in [3.8, 4) is 0 Å². The molecule has 0 aromatic heterocycles. The smallest absolute Gasteiger partial charge is 0.389 e. The molecule has 5 heteroatoms. The molecule has 1 atom stereocenters. The third kappa shape index (κ3) is 8.90. The molecule has 188 valence electrons. The molecular weight excluding hydrogens is 425 g/mol. The van der Waals surface area contributed by atoms with Crippen LogP contribution in [0.25, 0.3) is 0 Å². The Labute approximate surface area is 198 Å². The van der Waals surface area contributed by atoms with Gasteiger partial charge in [0.25, 0.3) is 0 Å². The molecule has 0 saturated heterocycles. The van der Waals surface area contributed by atoms with Crippen molar-refractivity contribution in [1.82, 2.24) is 0 Å². The molecule has 2 fully saturated rings. The fourth-order valence-corrected chi connectivity index (χ4v) is 6.38. The number of aliphatic hydroxyl groups excluding tert-OH is 1. The maximum atomic E-state index is 12.4. The molecule has 0 heterocycles. The van der Waals surface area contributed by atoms with Gasteiger partial charge in [-0.1, -0.05) is 37.1 Å². The van der Waals surface area contributed by atoms with Gasteiger partial charge < -0.3 is 9.84 Å². The maximum Gasteiger partial charge on any atom is 0.389 e. The van der Waals surface area contributed by atoms with Crippen molar-refractivity contribution in [1.29, 1.82) is 0 Å². The molecule has 1 aromatic rings. The van der Waals surface area contributed by atoms with E-state index in [0.29, 0.717) is 11.8 Å². The second-order valence-corrected chi connectivity index (χ2v) is 10.6. The summed E-state index contributed by atoms with van der Waals surface area (Å²) < 4.78 is 42.6. The lowest BCUT2D eigenvalue weighted by atomic mass is 9.67. The number of aliphatic hydroxyl groups is 1. The molecule has 3 rings (SSSR count). The van der Waals surface area contributed by atoms with Gasteiger partial charge in [-0.15, -0.1) is 0 Å². The first kappa shape index (κ1) is 26.5. The molecule has 2 aliphatic rings. The van der Waals surface area contributed by atoms with Gasteiger partial charge in [-0.25, -0.2) is 0 Å². The molecule has 33 heavy (non-hydrogen) atoms. The zero-order chi connectivity index (χ0) is 23.7. The van der Waals surface area contributed by atoms with Crippen LogP contribution in [0.1, 0.15) is 94.1 Å². The summed E-state index contributed by atoms with van der Waals surface area (Å²) in [4.78, 5) is 0. The number of rotatable bonds is 11. The maximum absolute atomic E-state index is 12.4. The number of methoxy groups -OCH3 is 1. The van der Waals surface area contributed by atoms with Crippen LogP contribution in [0.15, 0.2) is 24.3 Å². The van der Waals surface area contributed by atoms with Gasteiger partial charge in [0, 0.05) is 26.7 Å². The lowest BCUT2D eigenvalue weighted by Gasteiger charge is -2.38. The van der Waals surface area contributed by atoms with Gasteiger partial charge in [0.15, 0.2) is 0 Å². The second-order valence-electron chi connectivity index (χ2n) is 10.6. The Hall–Kier alpha value is -1.07. The molecule has 2 aliphatic carbocycles. The first-order valence-corrected chi connectivity index (χ1v) is 13.1. The van der Waals surface area contributed by atoms with Gasteiger partial charge in [0.05, 0.1) is 0 Å². The number of ether oxygens (including phenoxy) is 1. The van der Waals surface area contributed by atoms with E-state index in [9.17, 15) is 18.3 Å². The first-order valence-electron chi connectivity index (χ1n) is 13.1. The molecule has 0 spiro atoms. The van der Waals surface area contributed by atoms with Crippen molar-refractivity contribution in [2.45, 2.75) is 95.6 Å². The van der Waals surface area contributed by atoms with Crippen LogP contribution in [-0.2, 0) is 11.2 Å². The number of hydrogen-bond acceptors (Lipinski definition) is 2. The summed E-state index contributed by atoms with van der Waals surface area (Å²) in [6, 6.07) is 7.92. The molecule has 0 bridgehead atoms. The Morgan fingerprint density at radius 3 is 2.06 bits per heavy atom. The zero-order valence-electron chi connectivity index (χ0n) is 20.3. The molecule has 2 nitrogen and oxygen atoms in total. The van der Waals surface area contributed by atoms with Crippen LogP contribution in [0.2, 0.25) is 0 Å². The van der Waals surface area contributed by atoms with Crippen molar-refractivity contribution in [2.75, 3.05) is 20.3 Å². The highest BCUT2D eigenvalue weighted by Gasteiger charge is 2.32. The topological polar surface area (TPSA) is 29.5 Å². The zero-order valence-corrected chi connectivity index (χ0v) is 20.3.